The van der Waals surface area contributed by atoms with E-state index in [0.29, 0.717) is 17.3 Å². The summed E-state index contributed by atoms with van der Waals surface area (Å²) in [5.74, 6) is -1.82. The highest BCUT2D eigenvalue weighted by Crippen LogP contribution is 2.26. The molecule has 0 aliphatic rings. The van der Waals surface area contributed by atoms with E-state index in [1.807, 2.05) is 12.1 Å². The van der Waals surface area contributed by atoms with Gasteiger partial charge in [0.25, 0.3) is 0 Å². The molecule has 7 heteroatoms. The lowest BCUT2D eigenvalue weighted by atomic mass is 10.1. The molecular formula is C25H18ClF2NO3. The van der Waals surface area contributed by atoms with Crippen LogP contribution >= 0.6 is 11.6 Å². The summed E-state index contributed by atoms with van der Waals surface area (Å²) in [6.45, 7) is 0.331. The number of hydrogen-bond acceptors (Lipinski definition) is 2. The van der Waals surface area contributed by atoms with Gasteiger partial charge in [-0.15, -0.1) is 0 Å². The van der Waals surface area contributed by atoms with Crippen LogP contribution in [0.5, 0.6) is 5.75 Å². The second-order valence-corrected chi connectivity index (χ2v) is 7.66. The van der Waals surface area contributed by atoms with E-state index in [1.165, 1.54) is 12.1 Å². The van der Waals surface area contributed by atoms with Crippen molar-refractivity contribution in [2.24, 2.45) is 0 Å². The summed E-state index contributed by atoms with van der Waals surface area (Å²) in [4.78, 5) is 11.7. The molecule has 162 valence electrons. The van der Waals surface area contributed by atoms with E-state index in [-0.39, 0.29) is 17.9 Å². The van der Waals surface area contributed by atoms with Crippen LogP contribution in [0.4, 0.5) is 8.78 Å². The van der Waals surface area contributed by atoms with Crippen molar-refractivity contribution in [1.29, 1.82) is 0 Å². The maximum Gasteiger partial charge on any atom is 0.352 e. The number of ether oxygens (including phenoxy) is 1. The zero-order valence-electron chi connectivity index (χ0n) is 16.8. The van der Waals surface area contributed by atoms with Crippen LogP contribution < -0.4 is 4.74 Å². The fourth-order valence-electron chi connectivity index (χ4n) is 3.35. The van der Waals surface area contributed by atoms with Gasteiger partial charge in [0, 0.05) is 35.0 Å². The van der Waals surface area contributed by atoms with Crippen LogP contribution in [0.1, 0.15) is 21.6 Å². The number of aromatic nitrogens is 1. The molecule has 32 heavy (non-hydrogen) atoms. The van der Waals surface area contributed by atoms with E-state index in [4.69, 9.17) is 16.3 Å². The standard InChI is InChI=1S/C25H18ClF2NO3/c26-20-3-1-2-16(10-20)13-29-14-19(11-24(29)25(30)31)17-5-8-22(9-6-17)32-15-18-4-7-21(27)12-23(18)28/h1-12,14H,13,15H2,(H,30,31). The summed E-state index contributed by atoms with van der Waals surface area (Å²) in [5, 5.41) is 10.2. The lowest BCUT2D eigenvalue weighted by Gasteiger charge is -2.08. The Kier molecular flexibility index (Phi) is 6.23. The molecule has 0 fully saturated rings. The molecule has 3 aromatic carbocycles. The van der Waals surface area contributed by atoms with Crippen LogP contribution in [0.25, 0.3) is 11.1 Å². The molecule has 0 saturated heterocycles. The lowest BCUT2D eigenvalue weighted by molar-refractivity contribution is 0.0685. The van der Waals surface area contributed by atoms with Crippen LogP contribution in [0.3, 0.4) is 0 Å². The van der Waals surface area contributed by atoms with Crippen molar-refractivity contribution in [3.63, 3.8) is 0 Å². The Morgan fingerprint density at radius 1 is 0.969 bits per heavy atom. The lowest BCUT2D eigenvalue weighted by Crippen LogP contribution is -2.08. The van der Waals surface area contributed by atoms with Crippen molar-refractivity contribution in [1.82, 2.24) is 4.57 Å². The molecule has 0 radical (unpaired) electrons. The van der Waals surface area contributed by atoms with Crippen LogP contribution in [0.2, 0.25) is 5.02 Å². The molecule has 0 bridgehead atoms. The Hall–Kier alpha value is -3.64. The quantitative estimate of drug-likeness (QED) is 0.351. The third-order valence-electron chi connectivity index (χ3n) is 4.95. The second-order valence-electron chi connectivity index (χ2n) is 7.23. The molecule has 0 spiro atoms. The van der Waals surface area contributed by atoms with Gasteiger partial charge in [0.15, 0.2) is 0 Å². The number of halogens is 3. The first-order valence-electron chi connectivity index (χ1n) is 9.74. The summed E-state index contributed by atoms with van der Waals surface area (Å²) in [5.41, 5.74) is 2.84. The predicted octanol–water partition coefficient (Wildman–Crippen LogP) is 6.41. The van der Waals surface area contributed by atoms with Gasteiger partial charge in [-0.2, -0.15) is 0 Å². The van der Waals surface area contributed by atoms with Gasteiger partial charge < -0.3 is 14.4 Å². The van der Waals surface area contributed by atoms with Gasteiger partial charge in [-0.3, -0.25) is 0 Å². The second kappa shape index (κ2) is 9.24. The summed E-state index contributed by atoms with van der Waals surface area (Å²) >= 11 is 6.03. The van der Waals surface area contributed by atoms with Gasteiger partial charge in [-0.25, -0.2) is 13.6 Å². The summed E-state index contributed by atoms with van der Waals surface area (Å²) in [6, 6.07) is 19.2. The molecule has 0 amide bonds. The first kappa shape index (κ1) is 21.6. The predicted molar refractivity (Wildman–Crippen MR) is 118 cm³/mol. The topological polar surface area (TPSA) is 51.5 Å². The summed E-state index contributed by atoms with van der Waals surface area (Å²) in [7, 11) is 0. The minimum atomic E-state index is -1.03. The normalized spacial score (nSPS) is 10.8. The molecule has 4 aromatic rings. The van der Waals surface area contributed by atoms with Gasteiger partial charge in [0.05, 0.1) is 0 Å². The third kappa shape index (κ3) is 4.98. The number of nitrogens with zero attached hydrogens (tertiary/aromatic N) is 1. The average Bonchev–Trinajstić information content (AvgIpc) is 3.17. The van der Waals surface area contributed by atoms with Crippen molar-refractivity contribution in [3.05, 3.63) is 112 Å². The van der Waals surface area contributed by atoms with Crippen LogP contribution in [0, 0.1) is 11.6 Å². The van der Waals surface area contributed by atoms with E-state index in [9.17, 15) is 18.7 Å². The Balaban J connectivity index is 1.51. The Morgan fingerprint density at radius 2 is 1.75 bits per heavy atom. The van der Waals surface area contributed by atoms with E-state index < -0.39 is 17.6 Å². The first-order chi connectivity index (χ1) is 15.4. The van der Waals surface area contributed by atoms with Crippen molar-refractivity contribution >= 4 is 17.6 Å². The Labute approximate surface area is 188 Å². The summed E-state index contributed by atoms with van der Waals surface area (Å²) < 4.78 is 34.0. The molecule has 0 saturated carbocycles. The molecule has 1 aromatic heterocycles. The fraction of sp³-hybridized carbons (Fsp3) is 0.0800. The van der Waals surface area contributed by atoms with Gasteiger partial charge >= 0.3 is 5.97 Å². The first-order valence-corrected chi connectivity index (χ1v) is 10.1. The molecule has 0 aliphatic carbocycles. The van der Waals surface area contributed by atoms with Crippen molar-refractivity contribution < 1.29 is 23.4 Å². The number of carboxylic acids is 1. The van der Waals surface area contributed by atoms with E-state index in [2.05, 4.69) is 0 Å². The Bertz CT molecular complexity index is 1270. The van der Waals surface area contributed by atoms with Gasteiger partial charge in [0.1, 0.15) is 29.7 Å². The monoisotopic (exact) mass is 453 g/mol. The average molecular weight is 454 g/mol. The maximum absolute atomic E-state index is 13.7. The molecule has 1 N–H and O–H groups in total. The highest BCUT2D eigenvalue weighted by molar-refractivity contribution is 6.30. The molecule has 1 heterocycles. The van der Waals surface area contributed by atoms with Crippen LogP contribution in [-0.2, 0) is 13.2 Å². The summed E-state index contributed by atoms with van der Waals surface area (Å²) in [6.07, 6.45) is 1.77. The van der Waals surface area contributed by atoms with Crippen molar-refractivity contribution in [2.75, 3.05) is 0 Å². The molecule has 4 nitrogen and oxygen atoms in total. The van der Waals surface area contributed by atoms with Crippen molar-refractivity contribution in [3.8, 4) is 16.9 Å². The highest BCUT2D eigenvalue weighted by Gasteiger charge is 2.14. The molecule has 4 rings (SSSR count). The number of carbonyl (C=O) groups is 1. The number of hydrogen-bond donors (Lipinski definition) is 1. The fourth-order valence-corrected chi connectivity index (χ4v) is 3.57. The van der Waals surface area contributed by atoms with Gasteiger partial charge in [-0.05, 0) is 53.6 Å². The van der Waals surface area contributed by atoms with E-state index in [1.54, 1.807) is 53.2 Å². The van der Waals surface area contributed by atoms with Crippen molar-refractivity contribution in [2.45, 2.75) is 13.2 Å². The Morgan fingerprint density at radius 3 is 2.44 bits per heavy atom. The van der Waals surface area contributed by atoms with Gasteiger partial charge in [-0.1, -0.05) is 35.9 Å². The minimum Gasteiger partial charge on any atom is -0.489 e. The number of rotatable bonds is 7. The smallest absolute Gasteiger partial charge is 0.352 e. The molecule has 0 aliphatic heterocycles. The molecule has 0 atom stereocenters. The number of carboxylic acid groups (broad SMARTS) is 1. The zero-order valence-corrected chi connectivity index (χ0v) is 17.5. The largest absolute Gasteiger partial charge is 0.489 e. The maximum atomic E-state index is 13.7. The van der Waals surface area contributed by atoms with E-state index >= 15 is 0 Å². The zero-order chi connectivity index (χ0) is 22.7. The SMILES string of the molecule is O=C(O)c1cc(-c2ccc(OCc3ccc(F)cc3F)cc2)cn1Cc1cccc(Cl)c1. The minimum absolute atomic E-state index is 0.0371. The number of aromatic carboxylic acids is 1. The van der Waals surface area contributed by atoms with Crippen LogP contribution in [0.15, 0.2) is 79.0 Å². The van der Waals surface area contributed by atoms with Gasteiger partial charge in [0.2, 0.25) is 0 Å². The third-order valence-corrected chi connectivity index (χ3v) is 5.19. The number of benzene rings is 3. The highest BCUT2D eigenvalue weighted by atomic mass is 35.5. The molecule has 0 unspecified atom stereocenters. The van der Waals surface area contributed by atoms with Crippen LogP contribution in [-0.4, -0.2) is 15.6 Å². The molecular weight excluding hydrogens is 436 g/mol. The van der Waals surface area contributed by atoms with E-state index in [0.717, 1.165) is 22.8 Å².